The van der Waals surface area contributed by atoms with E-state index in [-0.39, 0.29) is 17.6 Å². The molecule has 0 bridgehead atoms. The van der Waals surface area contributed by atoms with E-state index in [4.69, 9.17) is 0 Å². The van der Waals surface area contributed by atoms with E-state index in [1.165, 1.54) is 25.0 Å². The Kier molecular flexibility index (Phi) is 5.60. The van der Waals surface area contributed by atoms with E-state index in [1.54, 1.807) is 36.9 Å². The van der Waals surface area contributed by atoms with Crippen molar-refractivity contribution in [2.45, 2.75) is 67.9 Å². The molecule has 7 nitrogen and oxygen atoms in total. The number of carbonyl (C=O) groups excluding carboxylic acids is 1. The molecule has 190 valence electrons. The third-order valence-corrected chi connectivity index (χ3v) is 10.9. The molecule has 2 aromatic carbocycles. The quantitative estimate of drug-likeness (QED) is 0.616. The van der Waals surface area contributed by atoms with Crippen molar-refractivity contribution < 1.29 is 23.1 Å². The summed E-state index contributed by atoms with van der Waals surface area (Å²) >= 11 is 0. The van der Waals surface area contributed by atoms with Gasteiger partial charge >= 0.3 is 0 Å². The summed E-state index contributed by atoms with van der Waals surface area (Å²) < 4.78 is 51.7. The molecule has 9 heteroatoms. The van der Waals surface area contributed by atoms with Crippen molar-refractivity contribution in [3.8, 4) is 0 Å². The molecule has 1 heterocycles. The molecule has 5 rings (SSSR count). The van der Waals surface area contributed by atoms with Crippen molar-refractivity contribution in [1.82, 2.24) is 0 Å². The van der Waals surface area contributed by atoms with E-state index in [1.807, 2.05) is 12.1 Å². The summed E-state index contributed by atoms with van der Waals surface area (Å²) in [5, 5.41) is -0.582. The number of hydrogen-bond acceptors (Lipinski definition) is 5. The molecule has 35 heavy (non-hydrogen) atoms. The summed E-state index contributed by atoms with van der Waals surface area (Å²) in [7, 11) is -6.94. The normalized spacial score (nSPS) is 20.3. The number of amides is 1. The van der Waals surface area contributed by atoms with Gasteiger partial charge in [0.05, 0.1) is 16.4 Å². The Morgan fingerprint density at radius 3 is 2.23 bits per heavy atom. The number of nitrogens with one attached hydrogen (secondary N) is 1. The number of carbonyl (C=O) groups is 1. The standard InChI is InChI=1S/C26H32N2O5S2.H2/c1-18(2)35(32,33)21-6-4-5-19(15-21)24(29)28-17-26(13-11-25(9-10-25)12-14-26)22-16-20(7-8-23(22)28)27-34(3,30)31;/h4-8,15-16,18,27H,9-14,17H2,1-3H3;1H. The lowest BCUT2D eigenvalue weighted by Gasteiger charge is -2.38. The van der Waals surface area contributed by atoms with E-state index in [0.717, 1.165) is 43.2 Å². The van der Waals surface area contributed by atoms with Crippen molar-refractivity contribution in [1.29, 1.82) is 0 Å². The Hall–Kier alpha value is -2.39. The molecule has 0 aromatic heterocycles. The lowest BCUT2D eigenvalue weighted by molar-refractivity contribution is 0.0980. The highest BCUT2D eigenvalue weighted by molar-refractivity contribution is 7.92. The first kappa shape index (κ1) is 24.3. The molecule has 0 atom stereocenters. The van der Waals surface area contributed by atoms with Gasteiger partial charge in [-0.1, -0.05) is 6.07 Å². The molecule has 1 amide bonds. The Morgan fingerprint density at radius 2 is 1.63 bits per heavy atom. The van der Waals surface area contributed by atoms with Gasteiger partial charge in [0.15, 0.2) is 9.84 Å². The summed E-state index contributed by atoms with van der Waals surface area (Å²) in [6, 6.07) is 11.7. The van der Waals surface area contributed by atoms with E-state index in [9.17, 15) is 21.6 Å². The number of hydrogen-bond donors (Lipinski definition) is 1. The lowest BCUT2D eigenvalue weighted by Crippen LogP contribution is -2.40. The maximum Gasteiger partial charge on any atom is 0.258 e. The van der Waals surface area contributed by atoms with Gasteiger partial charge in [-0.3, -0.25) is 9.52 Å². The summed E-state index contributed by atoms with van der Waals surface area (Å²) in [5.41, 5.74) is 2.85. The van der Waals surface area contributed by atoms with Crippen LogP contribution in [0.15, 0.2) is 47.4 Å². The Morgan fingerprint density at radius 1 is 0.971 bits per heavy atom. The van der Waals surface area contributed by atoms with Gasteiger partial charge in [0, 0.05) is 30.3 Å². The molecule has 0 saturated heterocycles. The molecule has 0 unspecified atom stereocenters. The summed E-state index contributed by atoms with van der Waals surface area (Å²) in [5.74, 6) is -0.237. The Labute approximate surface area is 209 Å². The van der Waals surface area contributed by atoms with Crippen LogP contribution in [0.25, 0.3) is 0 Å². The number of sulfonamides is 1. The van der Waals surface area contributed by atoms with Crippen molar-refractivity contribution in [2.24, 2.45) is 5.41 Å². The van der Waals surface area contributed by atoms with Crippen LogP contribution in [0.2, 0.25) is 0 Å². The predicted molar refractivity (Wildman–Crippen MR) is 139 cm³/mol. The number of nitrogens with zero attached hydrogens (tertiary/aromatic N) is 1. The molecule has 0 radical (unpaired) electrons. The van der Waals surface area contributed by atoms with Crippen molar-refractivity contribution in [2.75, 3.05) is 22.4 Å². The highest BCUT2D eigenvalue weighted by Crippen LogP contribution is 2.62. The van der Waals surface area contributed by atoms with Crippen LogP contribution in [0, 0.1) is 5.41 Å². The fourth-order valence-electron chi connectivity index (χ4n) is 5.73. The first-order valence-corrected chi connectivity index (χ1v) is 15.6. The second-order valence-electron chi connectivity index (χ2n) is 10.9. The Bertz CT molecular complexity index is 1410. The molecular weight excluding hydrogens is 484 g/mol. The van der Waals surface area contributed by atoms with Gasteiger partial charge in [-0.2, -0.15) is 0 Å². The van der Waals surface area contributed by atoms with Crippen LogP contribution in [-0.4, -0.2) is 40.8 Å². The largest absolute Gasteiger partial charge is 0.307 e. The van der Waals surface area contributed by atoms with Crippen LogP contribution >= 0.6 is 0 Å². The van der Waals surface area contributed by atoms with Crippen molar-refractivity contribution in [3.63, 3.8) is 0 Å². The van der Waals surface area contributed by atoms with Gasteiger partial charge in [0.1, 0.15) is 0 Å². The van der Waals surface area contributed by atoms with Gasteiger partial charge in [-0.05, 0) is 99.7 Å². The van der Waals surface area contributed by atoms with Gasteiger partial charge in [0.2, 0.25) is 10.0 Å². The van der Waals surface area contributed by atoms with Crippen LogP contribution in [0.3, 0.4) is 0 Å². The number of anilines is 2. The SMILES string of the molecule is CC(C)S(=O)(=O)c1cccc(C(=O)N2CC3(CCC4(CC4)CC3)c3cc(NS(C)(=O)=O)ccc32)c1.[HH]. The fraction of sp³-hybridized carbons (Fsp3) is 0.500. The van der Waals surface area contributed by atoms with E-state index in [2.05, 4.69) is 4.72 Å². The third kappa shape index (κ3) is 4.37. The van der Waals surface area contributed by atoms with E-state index >= 15 is 0 Å². The topological polar surface area (TPSA) is 101 Å². The Balaban J connectivity index is 0.00000304. The first-order chi connectivity index (χ1) is 16.3. The van der Waals surface area contributed by atoms with Crippen molar-refractivity contribution >= 4 is 37.1 Å². The molecule has 2 saturated carbocycles. The zero-order valence-corrected chi connectivity index (χ0v) is 22.0. The maximum absolute atomic E-state index is 13.8. The minimum atomic E-state index is -3.51. The van der Waals surface area contributed by atoms with Crippen molar-refractivity contribution in [3.05, 3.63) is 53.6 Å². The highest BCUT2D eigenvalue weighted by atomic mass is 32.2. The maximum atomic E-state index is 13.8. The van der Waals surface area contributed by atoms with E-state index < -0.39 is 25.1 Å². The van der Waals surface area contributed by atoms with Crippen LogP contribution in [0.5, 0.6) is 0 Å². The second kappa shape index (κ2) is 8.06. The number of fused-ring (bicyclic) bond motifs is 2. The minimum Gasteiger partial charge on any atom is -0.307 e. The fourth-order valence-corrected chi connectivity index (χ4v) is 7.38. The highest BCUT2D eigenvalue weighted by Gasteiger charge is 2.53. The van der Waals surface area contributed by atoms with Gasteiger partial charge in [0.25, 0.3) is 5.91 Å². The predicted octanol–water partition coefficient (Wildman–Crippen LogP) is 4.74. The average molecular weight is 519 g/mol. The van der Waals surface area contributed by atoms with Gasteiger partial charge < -0.3 is 4.90 Å². The average Bonchev–Trinajstić information content (AvgIpc) is 3.50. The van der Waals surface area contributed by atoms with Crippen LogP contribution in [-0.2, 0) is 25.3 Å². The second-order valence-corrected chi connectivity index (χ2v) is 15.2. The molecule has 2 fully saturated rings. The molecule has 3 aliphatic rings. The van der Waals surface area contributed by atoms with Crippen LogP contribution in [0.4, 0.5) is 11.4 Å². The number of benzene rings is 2. The molecule has 2 aliphatic carbocycles. The van der Waals surface area contributed by atoms with Crippen LogP contribution in [0.1, 0.15) is 69.7 Å². The molecule has 1 aliphatic heterocycles. The van der Waals surface area contributed by atoms with Crippen LogP contribution < -0.4 is 9.62 Å². The number of sulfone groups is 1. The molecular formula is C26H34N2O5S2. The summed E-state index contributed by atoms with van der Waals surface area (Å²) in [6.45, 7) is 3.77. The van der Waals surface area contributed by atoms with Gasteiger partial charge in [-0.15, -0.1) is 0 Å². The summed E-state index contributed by atoms with van der Waals surface area (Å²) in [6.07, 6.45) is 7.79. The zero-order chi connectivity index (χ0) is 25.2. The van der Waals surface area contributed by atoms with Gasteiger partial charge in [-0.25, -0.2) is 16.8 Å². The molecule has 1 N–H and O–H groups in total. The van der Waals surface area contributed by atoms with E-state index in [0.29, 0.717) is 23.2 Å². The number of rotatable bonds is 5. The zero-order valence-electron chi connectivity index (χ0n) is 20.4. The minimum absolute atomic E-state index is 0. The third-order valence-electron chi connectivity index (χ3n) is 8.12. The molecule has 2 aromatic rings. The smallest absolute Gasteiger partial charge is 0.258 e. The summed E-state index contributed by atoms with van der Waals surface area (Å²) in [4.78, 5) is 15.7. The lowest BCUT2D eigenvalue weighted by atomic mass is 9.66. The monoisotopic (exact) mass is 518 g/mol. The first-order valence-electron chi connectivity index (χ1n) is 12.1. The molecule has 2 spiro atoms.